The lowest BCUT2D eigenvalue weighted by Crippen LogP contribution is -2.37. The summed E-state index contributed by atoms with van der Waals surface area (Å²) in [4.78, 5) is 36.0. The molecule has 144 valence electrons. The van der Waals surface area contributed by atoms with E-state index in [0.717, 1.165) is 7.11 Å². The molecule has 1 amide bonds. The molecule has 0 aromatic heterocycles. The van der Waals surface area contributed by atoms with Crippen molar-refractivity contribution in [3.63, 3.8) is 0 Å². The minimum atomic E-state index is -3.60. The van der Waals surface area contributed by atoms with Gasteiger partial charge in [0.05, 0.1) is 12.9 Å². The van der Waals surface area contributed by atoms with E-state index in [1.54, 1.807) is 30.3 Å². The molecule has 10 heteroatoms. The predicted octanol–water partition coefficient (Wildman–Crippen LogP) is 0.352. The molecule has 0 unspecified atom stereocenters. The average molecular weight is 385 g/mol. The Morgan fingerprint density at radius 2 is 1.69 bits per heavy atom. The summed E-state index contributed by atoms with van der Waals surface area (Å²) in [5.41, 5.74) is 3.17. The van der Waals surface area contributed by atoms with Gasteiger partial charge in [0, 0.05) is 25.1 Å². The number of Topliss-reactive ketones (excluding diaryl/α,β-unsaturated/α-hetero) is 1. The summed E-state index contributed by atoms with van der Waals surface area (Å²) in [5.74, 6) is -2.12. The quantitative estimate of drug-likeness (QED) is 0.205. The maximum absolute atomic E-state index is 11.8. The highest BCUT2D eigenvalue weighted by atomic mass is 32.2. The summed E-state index contributed by atoms with van der Waals surface area (Å²) in [6.07, 6.45) is 0.949. The fraction of sp³-hybridized carbons (Fsp3) is 0.438. The Morgan fingerprint density at radius 3 is 2.35 bits per heavy atom. The number of benzene rings is 1. The van der Waals surface area contributed by atoms with Crippen LogP contribution >= 0.6 is 0 Å². The van der Waals surface area contributed by atoms with E-state index < -0.39 is 21.8 Å². The standard InChI is InChI=1S/C16H23N3O6S/c1-25-16(22)14(20)9-5-6-10-15(21)17-11-12-26(23,24)19-18-13-7-3-2-4-8-13/h2-4,7-8,18-19H,5-6,9-12H2,1H3,(H,17,21). The number of hydrazine groups is 1. The number of rotatable bonds is 12. The number of hydrogen-bond acceptors (Lipinski definition) is 7. The van der Waals surface area contributed by atoms with Crippen molar-refractivity contribution in [3.05, 3.63) is 30.3 Å². The van der Waals surface area contributed by atoms with Crippen LogP contribution in [-0.4, -0.2) is 45.5 Å². The van der Waals surface area contributed by atoms with Crippen molar-refractivity contribution in [3.8, 4) is 0 Å². The Hall–Kier alpha value is -2.46. The van der Waals surface area contributed by atoms with Crippen LogP contribution in [0, 0.1) is 0 Å². The number of hydrogen-bond donors (Lipinski definition) is 3. The van der Waals surface area contributed by atoms with Crippen molar-refractivity contribution < 1.29 is 27.5 Å². The monoisotopic (exact) mass is 385 g/mol. The Balaban J connectivity index is 2.16. The third-order valence-corrected chi connectivity index (χ3v) is 4.44. The molecule has 0 aliphatic carbocycles. The molecule has 0 bridgehead atoms. The molecule has 0 saturated carbocycles. The molecule has 1 rings (SSSR count). The van der Waals surface area contributed by atoms with Gasteiger partial charge in [0.1, 0.15) is 0 Å². The van der Waals surface area contributed by atoms with Gasteiger partial charge in [-0.1, -0.05) is 18.2 Å². The van der Waals surface area contributed by atoms with E-state index in [-0.39, 0.29) is 31.0 Å². The van der Waals surface area contributed by atoms with Gasteiger partial charge in [-0.3, -0.25) is 9.59 Å². The third-order valence-electron chi connectivity index (χ3n) is 3.29. The number of carbonyl (C=O) groups is 3. The highest BCUT2D eigenvalue weighted by Crippen LogP contribution is 2.03. The second-order valence-electron chi connectivity index (χ2n) is 5.38. The molecule has 0 atom stereocenters. The zero-order chi connectivity index (χ0) is 19.4. The average Bonchev–Trinajstić information content (AvgIpc) is 2.63. The summed E-state index contributed by atoms with van der Waals surface area (Å²) in [6.45, 7) is -0.0360. The fourth-order valence-corrected chi connectivity index (χ4v) is 2.66. The number of ketones is 1. The Labute approximate surface area is 152 Å². The number of esters is 1. The van der Waals surface area contributed by atoms with Crippen LogP contribution in [0.3, 0.4) is 0 Å². The largest absolute Gasteiger partial charge is 0.463 e. The molecule has 0 aliphatic rings. The second-order valence-corrected chi connectivity index (χ2v) is 7.23. The highest BCUT2D eigenvalue weighted by molar-refractivity contribution is 7.89. The van der Waals surface area contributed by atoms with Crippen molar-refractivity contribution in [2.45, 2.75) is 25.7 Å². The number of amides is 1. The van der Waals surface area contributed by atoms with Crippen LogP contribution in [0.1, 0.15) is 25.7 Å². The minimum Gasteiger partial charge on any atom is -0.463 e. The van der Waals surface area contributed by atoms with E-state index in [9.17, 15) is 22.8 Å². The van der Waals surface area contributed by atoms with E-state index in [1.165, 1.54) is 0 Å². The molecular weight excluding hydrogens is 362 g/mol. The van der Waals surface area contributed by atoms with E-state index in [1.807, 2.05) is 0 Å². The lowest BCUT2D eigenvalue weighted by Gasteiger charge is -2.10. The number of nitrogens with one attached hydrogen (secondary N) is 3. The lowest BCUT2D eigenvalue weighted by atomic mass is 10.1. The summed E-state index contributed by atoms with van der Waals surface area (Å²) in [7, 11) is -2.47. The second kappa shape index (κ2) is 11.2. The van der Waals surface area contributed by atoms with Gasteiger partial charge < -0.3 is 15.5 Å². The van der Waals surface area contributed by atoms with Gasteiger partial charge in [-0.25, -0.2) is 13.2 Å². The van der Waals surface area contributed by atoms with Crippen LogP contribution in [0.5, 0.6) is 0 Å². The summed E-state index contributed by atoms with van der Waals surface area (Å²) >= 11 is 0. The molecule has 0 fully saturated rings. The molecule has 26 heavy (non-hydrogen) atoms. The molecule has 0 radical (unpaired) electrons. The number of ether oxygens (including phenoxy) is 1. The number of para-hydroxylation sites is 1. The van der Waals surface area contributed by atoms with Crippen LogP contribution < -0.4 is 15.6 Å². The topological polar surface area (TPSA) is 131 Å². The molecule has 0 saturated heterocycles. The van der Waals surface area contributed by atoms with Crippen molar-refractivity contribution in [1.29, 1.82) is 0 Å². The van der Waals surface area contributed by atoms with Crippen LogP contribution in [0.25, 0.3) is 0 Å². The number of unbranched alkanes of at least 4 members (excludes halogenated alkanes) is 1. The van der Waals surface area contributed by atoms with Gasteiger partial charge in [0.15, 0.2) is 0 Å². The van der Waals surface area contributed by atoms with Gasteiger partial charge in [-0.05, 0) is 25.0 Å². The van der Waals surface area contributed by atoms with Crippen LogP contribution in [-0.2, 0) is 29.1 Å². The third kappa shape index (κ3) is 9.14. The zero-order valence-electron chi connectivity index (χ0n) is 14.5. The highest BCUT2D eigenvalue weighted by Gasteiger charge is 2.14. The molecule has 0 heterocycles. The van der Waals surface area contributed by atoms with Gasteiger partial charge in [0.25, 0.3) is 0 Å². The smallest absolute Gasteiger partial charge is 0.374 e. The number of methoxy groups -OCH3 is 1. The molecule has 0 spiro atoms. The first-order valence-electron chi connectivity index (χ1n) is 8.02. The zero-order valence-corrected chi connectivity index (χ0v) is 15.3. The molecule has 1 aromatic carbocycles. The van der Waals surface area contributed by atoms with E-state index in [0.29, 0.717) is 18.5 Å². The van der Waals surface area contributed by atoms with Crippen LogP contribution in [0.2, 0.25) is 0 Å². The van der Waals surface area contributed by atoms with Gasteiger partial charge >= 0.3 is 5.97 Å². The fourth-order valence-electron chi connectivity index (χ4n) is 1.91. The molecule has 0 aliphatic heterocycles. The van der Waals surface area contributed by atoms with Gasteiger partial charge in [-0.15, -0.1) is 4.83 Å². The van der Waals surface area contributed by atoms with Gasteiger partial charge in [0.2, 0.25) is 21.7 Å². The number of carbonyl (C=O) groups excluding carboxylic acids is 3. The molecular formula is C16H23N3O6S. The number of anilines is 1. The predicted molar refractivity (Wildman–Crippen MR) is 95.5 cm³/mol. The molecule has 1 aromatic rings. The minimum absolute atomic E-state index is 0.0173. The molecule has 9 nitrogen and oxygen atoms in total. The summed E-state index contributed by atoms with van der Waals surface area (Å²) in [6, 6.07) is 8.73. The van der Waals surface area contributed by atoms with E-state index >= 15 is 0 Å². The van der Waals surface area contributed by atoms with Gasteiger partial charge in [-0.2, -0.15) is 0 Å². The first-order valence-corrected chi connectivity index (χ1v) is 9.67. The normalized spacial score (nSPS) is 10.8. The number of sulfonamides is 1. The Bertz CT molecular complexity index is 706. The van der Waals surface area contributed by atoms with Crippen LogP contribution in [0.15, 0.2) is 30.3 Å². The maximum Gasteiger partial charge on any atom is 0.374 e. The SMILES string of the molecule is COC(=O)C(=O)CCCCC(=O)NCCS(=O)(=O)NNc1ccccc1. The lowest BCUT2D eigenvalue weighted by molar-refractivity contribution is -0.151. The van der Waals surface area contributed by atoms with Crippen molar-refractivity contribution in [1.82, 2.24) is 10.1 Å². The van der Waals surface area contributed by atoms with Crippen molar-refractivity contribution >= 4 is 33.4 Å². The van der Waals surface area contributed by atoms with Crippen molar-refractivity contribution in [2.24, 2.45) is 0 Å². The summed E-state index contributed by atoms with van der Waals surface area (Å²) in [5, 5.41) is 2.50. The first kappa shape index (κ1) is 21.6. The van der Waals surface area contributed by atoms with Crippen LogP contribution in [0.4, 0.5) is 5.69 Å². The van der Waals surface area contributed by atoms with E-state index in [2.05, 4.69) is 20.3 Å². The Kier molecular flexibility index (Phi) is 9.31. The summed E-state index contributed by atoms with van der Waals surface area (Å²) < 4.78 is 27.9. The van der Waals surface area contributed by atoms with Crippen molar-refractivity contribution in [2.75, 3.05) is 24.8 Å². The molecule has 3 N–H and O–H groups in total. The maximum atomic E-state index is 11.8. The van der Waals surface area contributed by atoms with E-state index in [4.69, 9.17) is 0 Å². The Morgan fingerprint density at radius 1 is 1.04 bits per heavy atom. The first-order chi connectivity index (χ1) is 12.3.